The van der Waals surface area contributed by atoms with Crippen molar-refractivity contribution in [1.82, 2.24) is 9.55 Å². The third-order valence-electron chi connectivity index (χ3n) is 6.63. The highest BCUT2D eigenvalue weighted by molar-refractivity contribution is 9.10. The van der Waals surface area contributed by atoms with Gasteiger partial charge in [0.05, 0.1) is 17.6 Å². The third-order valence-corrected chi connectivity index (χ3v) is 7.13. The maximum atomic E-state index is 12.9. The number of aromatic nitrogens is 2. The molecule has 1 aromatic heterocycles. The quantitative estimate of drug-likeness (QED) is 0.266. The standard InChI is InChI=1S/C28H28BrN3O2/c1-19-8-5-13-26(20(19)2)34-15-7-14-31-25-12-4-3-11-24(25)30-28(31)21-16-27(33)32(18-21)23-10-6-9-22(29)17-23/h3-6,8-13,17,21H,7,14-16,18H2,1-2H3. The number of hydrogen-bond donors (Lipinski definition) is 0. The molecule has 1 fully saturated rings. The number of aryl methyl sites for hydroxylation is 2. The van der Waals surface area contributed by atoms with Crippen molar-refractivity contribution in [3.05, 3.63) is 88.2 Å². The van der Waals surface area contributed by atoms with Gasteiger partial charge in [-0.05, 0) is 67.8 Å². The molecule has 0 saturated carbocycles. The lowest BCUT2D eigenvalue weighted by Gasteiger charge is -2.18. The van der Waals surface area contributed by atoms with Crippen LogP contribution in [0.2, 0.25) is 0 Å². The van der Waals surface area contributed by atoms with Gasteiger partial charge in [-0.1, -0.05) is 46.3 Å². The first-order chi connectivity index (χ1) is 16.5. The van der Waals surface area contributed by atoms with Gasteiger partial charge in [-0.2, -0.15) is 0 Å². The van der Waals surface area contributed by atoms with Crippen LogP contribution in [0.15, 0.2) is 71.2 Å². The summed E-state index contributed by atoms with van der Waals surface area (Å²) in [6.07, 6.45) is 1.32. The van der Waals surface area contributed by atoms with E-state index in [1.165, 1.54) is 11.1 Å². The summed E-state index contributed by atoms with van der Waals surface area (Å²) in [5.74, 6) is 2.12. The summed E-state index contributed by atoms with van der Waals surface area (Å²) in [5, 5.41) is 0. The van der Waals surface area contributed by atoms with Crippen LogP contribution in [0.3, 0.4) is 0 Å². The zero-order chi connectivity index (χ0) is 23.7. The molecule has 5 nitrogen and oxygen atoms in total. The van der Waals surface area contributed by atoms with Crippen molar-refractivity contribution < 1.29 is 9.53 Å². The number of nitrogens with zero attached hydrogens (tertiary/aromatic N) is 3. The highest BCUT2D eigenvalue weighted by Crippen LogP contribution is 2.34. The van der Waals surface area contributed by atoms with Gasteiger partial charge in [-0.15, -0.1) is 0 Å². The predicted molar refractivity (Wildman–Crippen MR) is 140 cm³/mol. The Morgan fingerprint density at radius 1 is 1.06 bits per heavy atom. The molecular formula is C28H28BrN3O2. The number of ether oxygens (including phenoxy) is 1. The zero-order valence-corrected chi connectivity index (χ0v) is 21.1. The number of hydrogen-bond acceptors (Lipinski definition) is 3. The fraction of sp³-hybridized carbons (Fsp3) is 0.286. The molecule has 3 aromatic carbocycles. The minimum Gasteiger partial charge on any atom is -0.493 e. The second-order valence-electron chi connectivity index (χ2n) is 8.90. The molecule has 4 aromatic rings. The van der Waals surface area contributed by atoms with Gasteiger partial charge in [0, 0.05) is 35.6 Å². The number of carbonyl (C=O) groups is 1. The molecule has 1 aliphatic heterocycles. The summed E-state index contributed by atoms with van der Waals surface area (Å²) >= 11 is 3.52. The van der Waals surface area contributed by atoms with Gasteiger partial charge in [-0.3, -0.25) is 4.79 Å². The third kappa shape index (κ3) is 4.47. The largest absolute Gasteiger partial charge is 0.493 e. The van der Waals surface area contributed by atoms with Crippen molar-refractivity contribution >= 4 is 38.6 Å². The number of rotatable bonds is 7. The van der Waals surface area contributed by atoms with E-state index >= 15 is 0 Å². The molecule has 1 aliphatic rings. The SMILES string of the molecule is Cc1cccc(OCCCn2c(C3CC(=O)N(c4cccc(Br)c4)C3)nc3ccccc32)c1C. The molecule has 1 amide bonds. The van der Waals surface area contributed by atoms with Crippen LogP contribution in [-0.4, -0.2) is 28.6 Å². The molecule has 5 rings (SSSR count). The second kappa shape index (κ2) is 9.63. The molecule has 34 heavy (non-hydrogen) atoms. The first-order valence-corrected chi connectivity index (χ1v) is 12.5. The molecule has 1 saturated heterocycles. The summed E-state index contributed by atoms with van der Waals surface area (Å²) in [6, 6.07) is 22.3. The Kier molecular flexibility index (Phi) is 6.42. The van der Waals surface area contributed by atoms with E-state index in [-0.39, 0.29) is 11.8 Å². The fourth-order valence-electron chi connectivity index (χ4n) is 4.70. The van der Waals surface area contributed by atoms with E-state index in [2.05, 4.69) is 46.5 Å². The summed E-state index contributed by atoms with van der Waals surface area (Å²) in [6.45, 7) is 6.26. The lowest BCUT2D eigenvalue weighted by Crippen LogP contribution is -2.24. The number of para-hydroxylation sites is 2. The lowest BCUT2D eigenvalue weighted by atomic mass is 10.1. The number of halogens is 1. The number of amides is 1. The van der Waals surface area contributed by atoms with Gasteiger partial charge in [0.25, 0.3) is 0 Å². The van der Waals surface area contributed by atoms with Crippen LogP contribution in [0.1, 0.15) is 35.7 Å². The van der Waals surface area contributed by atoms with Crippen LogP contribution in [0.4, 0.5) is 5.69 Å². The first kappa shape index (κ1) is 22.7. The molecule has 1 atom stereocenters. The van der Waals surface area contributed by atoms with E-state index in [9.17, 15) is 4.79 Å². The van der Waals surface area contributed by atoms with Gasteiger partial charge < -0.3 is 14.2 Å². The predicted octanol–water partition coefficient (Wildman–Crippen LogP) is 6.41. The van der Waals surface area contributed by atoms with E-state index in [0.717, 1.165) is 45.7 Å². The molecule has 0 radical (unpaired) electrons. The summed E-state index contributed by atoms with van der Waals surface area (Å²) in [5.41, 5.74) is 5.43. The number of imidazole rings is 1. The van der Waals surface area contributed by atoms with E-state index < -0.39 is 0 Å². The first-order valence-electron chi connectivity index (χ1n) is 11.7. The van der Waals surface area contributed by atoms with Crippen molar-refractivity contribution in [2.45, 2.75) is 39.2 Å². The molecular weight excluding hydrogens is 490 g/mol. The minimum atomic E-state index is 0.0545. The normalized spacial score (nSPS) is 15.9. The average molecular weight is 518 g/mol. The van der Waals surface area contributed by atoms with Crippen LogP contribution in [0.5, 0.6) is 5.75 Å². The van der Waals surface area contributed by atoms with Gasteiger partial charge in [0.2, 0.25) is 5.91 Å². The molecule has 0 bridgehead atoms. The van der Waals surface area contributed by atoms with Crippen LogP contribution in [-0.2, 0) is 11.3 Å². The van der Waals surface area contributed by atoms with Crippen molar-refractivity contribution in [3.63, 3.8) is 0 Å². The van der Waals surface area contributed by atoms with Crippen molar-refractivity contribution in [2.24, 2.45) is 0 Å². The van der Waals surface area contributed by atoms with Crippen LogP contribution in [0.25, 0.3) is 11.0 Å². The van der Waals surface area contributed by atoms with Gasteiger partial charge in [0.15, 0.2) is 0 Å². The Morgan fingerprint density at radius 3 is 2.74 bits per heavy atom. The average Bonchev–Trinajstić information content (AvgIpc) is 3.40. The van der Waals surface area contributed by atoms with Crippen molar-refractivity contribution in [3.8, 4) is 5.75 Å². The van der Waals surface area contributed by atoms with Crippen molar-refractivity contribution in [1.29, 1.82) is 0 Å². The summed E-state index contributed by atoms with van der Waals surface area (Å²) < 4.78 is 9.35. The number of anilines is 1. The highest BCUT2D eigenvalue weighted by Gasteiger charge is 2.34. The van der Waals surface area contributed by atoms with Gasteiger partial charge in [0.1, 0.15) is 11.6 Å². The van der Waals surface area contributed by atoms with Gasteiger partial charge >= 0.3 is 0 Å². The summed E-state index contributed by atoms with van der Waals surface area (Å²) in [4.78, 5) is 19.8. The maximum absolute atomic E-state index is 12.9. The molecule has 0 N–H and O–H groups in total. The Labute approximate surface area is 208 Å². The van der Waals surface area contributed by atoms with Crippen molar-refractivity contribution in [2.75, 3.05) is 18.1 Å². The molecule has 1 unspecified atom stereocenters. The zero-order valence-electron chi connectivity index (χ0n) is 19.5. The summed E-state index contributed by atoms with van der Waals surface area (Å²) in [7, 11) is 0. The van der Waals surface area contributed by atoms with E-state index in [1.807, 2.05) is 59.5 Å². The lowest BCUT2D eigenvalue weighted by molar-refractivity contribution is -0.117. The molecule has 6 heteroatoms. The Morgan fingerprint density at radius 2 is 1.88 bits per heavy atom. The highest BCUT2D eigenvalue weighted by atomic mass is 79.9. The molecule has 2 heterocycles. The fourth-order valence-corrected chi connectivity index (χ4v) is 5.09. The molecule has 174 valence electrons. The van der Waals surface area contributed by atoms with E-state index in [0.29, 0.717) is 19.6 Å². The number of fused-ring (bicyclic) bond motifs is 1. The minimum absolute atomic E-state index is 0.0545. The Balaban J connectivity index is 1.35. The van der Waals surface area contributed by atoms with Crippen LogP contribution >= 0.6 is 15.9 Å². The smallest absolute Gasteiger partial charge is 0.227 e. The van der Waals surface area contributed by atoms with Crippen LogP contribution in [0, 0.1) is 13.8 Å². The van der Waals surface area contributed by atoms with Crippen LogP contribution < -0.4 is 9.64 Å². The number of carbonyl (C=O) groups excluding carboxylic acids is 1. The Hall–Kier alpha value is -3.12. The second-order valence-corrected chi connectivity index (χ2v) is 9.81. The monoisotopic (exact) mass is 517 g/mol. The molecule has 0 aliphatic carbocycles. The van der Waals surface area contributed by atoms with E-state index in [1.54, 1.807) is 0 Å². The number of benzene rings is 3. The Bertz CT molecular complexity index is 1350. The molecule has 0 spiro atoms. The topological polar surface area (TPSA) is 47.4 Å². The van der Waals surface area contributed by atoms with Gasteiger partial charge in [-0.25, -0.2) is 4.98 Å². The maximum Gasteiger partial charge on any atom is 0.227 e. The van der Waals surface area contributed by atoms with E-state index in [4.69, 9.17) is 9.72 Å².